The molecule has 3 aromatic rings. The van der Waals surface area contributed by atoms with Gasteiger partial charge in [-0.2, -0.15) is 11.8 Å². The van der Waals surface area contributed by atoms with Crippen molar-refractivity contribution in [2.75, 3.05) is 4.90 Å². The minimum Gasteiger partial charge on any atom is -0.376 e. The van der Waals surface area contributed by atoms with Gasteiger partial charge in [0.15, 0.2) is 0 Å². The van der Waals surface area contributed by atoms with Gasteiger partial charge in [-0.1, -0.05) is 148 Å². The molecule has 0 unspecified atom stereocenters. The number of rotatable bonds is 11. The van der Waals surface area contributed by atoms with Crippen LogP contribution in [-0.2, 0) is 4.74 Å². The molecule has 0 amide bonds. The molecule has 3 aromatic carbocycles. The Morgan fingerprint density at radius 3 is 1.00 bits per heavy atom. The zero-order valence-corrected chi connectivity index (χ0v) is 35.2. The fourth-order valence-electron chi connectivity index (χ4n) is 5.39. The summed E-state index contributed by atoms with van der Waals surface area (Å²) >= 11 is 2.01. The van der Waals surface area contributed by atoms with Crippen molar-refractivity contribution in [3.05, 3.63) is 78.9 Å². The molecule has 0 aliphatic heterocycles. The second-order valence-corrected chi connectivity index (χ2v) is 17.8. The highest BCUT2D eigenvalue weighted by atomic mass is 32.2. The SMILES string of the molecule is CC(C)C(C)(C)C(C)C.CC(C)N(c1c(-c2ccccc2)cccc1-c1ccccc1)C(C)C.CC(C)OC(C)C.CC(C)SC(C)C. The monoisotopic (exact) mass is 678 g/mol. The summed E-state index contributed by atoms with van der Waals surface area (Å²) in [7, 11) is 0. The Kier molecular flexibility index (Phi) is 22.1. The highest BCUT2D eigenvalue weighted by Gasteiger charge is 2.25. The van der Waals surface area contributed by atoms with Crippen LogP contribution in [0.15, 0.2) is 78.9 Å². The van der Waals surface area contributed by atoms with E-state index in [1.54, 1.807) is 0 Å². The van der Waals surface area contributed by atoms with Gasteiger partial charge < -0.3 is 9.64 Å². The predicted molar refractivity (Wildman–Crippen MR) is 223 cm³/mol. The maximum absolute atomic E-state index is 5.25. The molecule has 272 valence electrons. The molecule has 2 nitrogen and oxygen atoms in total. The lowest BCUT2D eigenvalue weighted by molar-refractivity contribution is 0.0300. The van der Waals surface area contributed by atoms with E-state index in [0.717, 1.165) is 22.3 Å². The topological polar surface area (TPSA) is 12.5 Å². The molecular weight excluding hydrogens is 603 g/mol. The zero-order chi connectivity index (χ0) is 37.2. The standard InChI is InChI=1S/C24H27N.C9H20.C6H14O.C6H14S/c1-18(2)25(19(3)4)24-22(20-12-7-5-8-13-20)16-11-17-23(24)21-14-9-6-10-15-21;1-7(2)9(5,6)8(3)4;2*1-5(2)7-6(3)4/h5-19H,1-4H3;7-8H,1-6H3;2*5-6H,1-4H3. The molecule has 0 bridgehead atoms. The van der Waals surface area contributed by atoms with Gasteiger partial charge in [-0.3, -0.25) is 0 Å². The van der Waals surface area contributed by atoms with Crippen LogP contribution in [0.3, 0.4) is 0 Å². The number of benzene rings is 3. The summed E-state index contributed by atoms with van der Waals surface area (Å²) in [6.07, 6.45) is 0.750. The highest BCUT2D eigenvalue weighted by Crippen LogP contribution is 2.41. The Bertz CT molecular complexity index is 1110. The average molecular weight is 678 g/mol. The smallest absolute Gasteiger partial charge is 0.0530 e. The lowest BCUT2D eigenvalue weighted by Crippen LogP contribution is -2.37. The van der Waals surface area contributed by atoms with Gasteiger partial charge in [0.05, 0.1) is 17.9 Å². The van der Waals surface area contributed by atoms with E-state index in [4.69, 9.17) is 4.74 Å². The molecule has 0 aromatic heterocycles. The van der Waals surface area contributed by atoms with Crippen LogP contribution in [0.4, 0.5) is 5.69 Å². The second-order valence-electron chi connectivity index (χ2n) is 15.6. The van der Waals surface area contributed by atoms with Crippen molar-refractivity contribution in [3.63, 3.8) is 0 Å². The molecular formula is C45H75NOS. The quantitative estimate of drug-likeness (QED) is 0.200. The maximum Gasteiger partial charge on any atom is 0.0530 e. The molecule has 3 rings (SSSR count). The average Bonchev–Trinajstić information content (AvgIpc) is 2.97. The molecule has 3 heteroatoms. The third-order valence-corrected chi connectivity index (χ3v) is 9.73. The summed E-state index contributed by atoms with van der Waals surface area (Å²) in [5.41, 5.74) is 6.95. The first-order valence-corrected chi connectivity index (χ1v) is 19.5. The number of hydrogen-bond acceptors (Lipinski definition) is 3. The van der Waals surface area contributed by atoms with Crippen LogP contribution in [0, 0.1) is 17.3 Å². The summed E-state index contributed by atoms with van der Waals surface area (Å²) in [5, 5.41) is 1.58. The number of para-hydroxylation sites is 1. The Balaban J connectivity index is 0.000000786. The summed E-state index contributed by atoms with van der Waals surface area (Å²) in [6.45, 7) is 40.0. The summed E-state index contributed by atoms with van der Waals surface area (Å²) in [4.78, 5) is 2.53. The zero-order valence-electron chi connectivity index (χ0n) is 34.4. The van der Waals surface area contributed by atoms with Crippen molar-refractivity contribution < 1.29 is 4.74 Å². The summed E-state index contributed by atoms with van der Waals surface area (Å²) < 4.78 is 5.25. The Hall–Kier alpha value is -2.23. The highest BCUT2D eigenvalue weighted by molar-refractivity contribution is 8.00. The van der Waals surface area contributed by atoms with Gasteiger partial charge in [-0.25, -0.2) is 0 Å². The normalized spacial score (nSPS) is 11.5. The van der Waals surface area contributed by atoms with Gasteiger partial charge in [0.2, 0.25) is 0 Å². The molecule has 0 atom stereocenters. The van der Waals surface area contributed by atoms with Crippen LogP contribution in [0.25, 0.3) is 22.3 Å². The third-order valence-electron chi connectivity index (χ3n) is 8.64. The minimum atomic E-state index is 0.375. The van der Waals surface area contributed by atoms with Crippen molar-refractivity contribution in [2.45, 2.75) is 159 Å². The number of ether oxygens (including phenoxy) is 1. The van der Waals surface area contributed by atoms with Crippen LogP contribution in [0.2, 0.25) is 0 Å². The van der Waals surface area contributed by atoms with E-state index in [0.29, 0.717) is 29.7 Å². The molecule has 0 aliphatic rings. The van der Waals surface area contributed by atoms with E-state index in [1.807, 2.05) is 39.5 Å². The summed E-state index contributed by atoms with van der Waals surface area (Å²) in [6, 6.07) is 28.9. The van der Waals surface area contributed by atoms with Crippen LogP contribution < -0.4 is 4.90 Å². The third kappa shape index (κ3) is 17.4. The van der Waals surface area contributed by atoms with Crippen molar-refractivity contribution in [1.29, 1.82) is 0 Å². The molecule has 0 heterocycles. The number of nitrogens with zero attached hydrogens (tertiary/aromatic N) is 1. The molecule has 0 saturated heterocycles. The van der Waals surface area contributed by atoms with Gasteiger partial charge in [-0.05, 0) is 94.3 Å². The van der Waals surface area contributed by atoms with E-state index in [-0.39, 0.29) is 0 Å². The number of hydrogen-bond donors (Lipinski definition) is 0. The predicted octanol–water partition coefficient (Wildman–Crippen LogP) is 14.3. The molecule has 0 N–H and O–H groups in total. The first-order chi connectivity index (χ1) is 22.2. The molecule has 0 spiro atoms. The van der Waals surface area contributed by atoms with E-state index in [9.17, 15) is 0 Å². The Morgan fingerprint density at radius 2 is 0.812 bits per heavy atom. The number of anilines is 1. The fraction of sp³-hybridized carbons (Fsp3) is 0.600. The molecule has 0 fully saturated rings. The van der Waals surface area contributed by atoms with E-state index >= 15 is 0 Å². The van der Waals surface area contributed by atoms with Crippen molar-refractivity contribution in [2.24, 2.45) is 17.3 Å². The maximum atomic E-state index is 5.25. The lowest BCUT2D eigenvalue weighted by atomic mass is 9.72. The minimum absolute atomic E-state index is 0.375. The first-order valence-electron chi connectivity index (χ1n) is 18.6. The Morgan fingerprint density at radius 1 is 0.479 bits per heavy atom. The van der Waals surface area contributed by atoms with Crippen molar-refractivity contribution in [3.8, 4) is 22.3 Å². The fourth-order valence-corrected chi connectivity index (χ4v) is 6.48. The van der Waals surface area contributed by atoms with E-state index < -0.39 is 0 Å². The molecule has 48 heavy (non-hydrogen) atoms. The number of thioether (sulfide) groups is 1. The van der Waals surface area contributed by atoms with Gasteiger partial charge in [0.1, 0.15) is 0 Å². The molecule has 0 saturated carbocycles. The van der Waals surface area contributed by atoms with Crippen LogP contribution >= 0.6 is 11.8 Å². The Labute approximate surface area is 303 Å². The lowest BCUT2D eigenvalue weighted by Gasteiger charge is -2.36. The first kappa shape index (κ1) is 45.8. The largest absolute Gasteiger partial charge is 0.376 e. The second kappa shape index (κ2) is 23.2. The van der Waals surface area contributed by atoms with Gasteiger partial charge >= 0.3 is 0 Å². The van der Waals surface area contributed by atoms with E-state index in [1.165, 1.54) is 27.9 Å². The van der Waals surface area contributed by atoms with Crippen LogP contribution in [0.5, 0.6) is 0 Å². The van der Waals surface area contributed by atoms with E-state index in [2.05, 4.69) is 181 Å². The van der Waals surface area contributed by atoms with Crippen molar-refractivity contribution in [1.82, 2.24) is 0 Å². The molecule has 0 aliphatic carbocycles. The van der Waals surface area contributed by atoms with Gasteiger partial charge in [-0.15, -0.1) is 0 Å². The van der Waals surface area contributed by atoms with Gasteiger partial charge in [0, 0.05) is 23.2 Å². The summed E-state index contributed by atoms with van der Waals surface area (Å²) in [5.74, 6) is 1.58. The van der Waals surface area contributed by atoms with Crippen LogP contribution in [0.1, 0.15) is 125 Å². The molecule has 0 radical (unpaired) electrons. The van der Waals surface area contributed by atoms with Crippen molar-refractivity contribution >= 4 is 17.4 Å². The van der Waals surface area contributed by atoms with Crippen LogP contribution in [-0.4, -0.2) is 34.8 Å². The van der Waals surface area contributed by atoms with Gasteiger partial charge in [0.25, 0.3) is 0 Å².